The van der Waals surface area contributed by atoms with Crippen molar-refractivity contribution in [2.75, 3.05) is 6.54 Å². The highest BCUT2D eigenvalue weighted by Crippen LogP contribution is 2.32. The number of aryl methyl sites for hydroxylation is 2. The van der Waals surface area contributed by atoms with Crippen LogP contribution in [0.1, 0.15) is 47.2 Å². The van der Waals surface area contributed by atoms with Crippen LogP contribution in [-0.4, -0.2) is 37.1 Å². The smallest absolute Gasteiger partial charge is 0.257 e. The maximum atomic E-state index is 14.0. The van der Waals surface area contributed by atoms with Crippen molar-refractivity contribution in [2.24, 2.45) is 7.05 Å². The summed E-state index contributed by atoms with van der Waals surface area (Å²) in [6, 6.07) is 7.57. The van der Waals surface area contributed by atoms with Gasteiger partial charge in [-0.25, -0.2) is 9.37 Å². The van der Waals surface area contributed by atoms with Crippen LogP contribution in [0, 0.1) is 12.7 Å². The van der Waals surface area contributed by atoms with E-state index in [0.717, 1.165) is 19.3 Å². The Bertz CT molecular complexity index is 1040. The molecule has 1 saturated heterocycles. The van der Waals surface area contributed by atoms with Crippen molar-refractivity contribution in [1.29, 1.82) is 0 Å². The number of nitrogens with zero attached hydrogens (tertiary/aromatic N) is 5. The number of rotatable bonds is 4. The van der Waals surface area contributed by atoms with E-state index in [-0.39, 0.29) is 23.6 Å². The Kier molecular flexibility index (Phi) is 5.24. The molecule has 1 aliphatic rings. The molecule has 2 aromatic heterocycles. The molecule has 8 heteroatoms. The molecule has 1 fully saturated rings. The lowest BCUT2D eigenvalue weighted by Crippen LogP contribution is -2.39. The molecular weight excluding hydrogens is 373 g/mol. The number of hydrogen-bond donors (Lipinski definition) is 0. The van der Waals surface area contributed by atoms with Gasteiger partial charge in [0.05, 0.1) is 17.8 Å². The van der Waals surface area contributed by atoms with Crippen molar-refractivity contribution < 1.29 is 13.9 Å². The molecule has 0 spiro atoms. The zero-order chi connectivity index (χ0) is 20.4. The van der Waals surface area contributed by atoms with Gasteiger partial charge in [0.2, 0.25) is 5.88 Å². The molecule has 0 saturated carbocycles. The Hall–Kier alpha value is -3.29. The number of likely N-dealkylation sites (tertiary alicyclic amines) is 1. The van der Waals surface area contributed by atoms with Gasteiger partial charge < -0.3 is 9.64 Å². The van der Waals surface area contributed by atoms with E-state index in [1.54, 1.807) is 53.3 Å². The molecular formula is C21H22FN5O2. The zero-order valence-corrected chi connectivity index (χ0v) is 16.4. The Morgan fingerprint density at radius 3 is 2.83 bits per heavy atom. The summed E-state index contributed by atoms with van der Waals surface area (Å²) in [5.41, 5.74) is 1.23. The van der Waals surface area contributed by atoms with Gasteiger partial charge in [-0.2, -0.15) is 10.1 Å². The summed E-state index contributed by atoms with van der Waals surface area (Å²) < 4.78 is 21.2. The highest BCUT2D eigenvalue weighted by Gasteiger charge is 2.31. The maximum Gasteiger partial charge on any atom is 0.257 e. The molecule has 1 aromatic carbocycles. The molecule has 0 radical (unpaired) electrons. The molecule has 3 aromatic rings. The third-order valence-electron chi connectivity index (χ3n) is 4.91. The lowest BCUT2D eigenvalue weighted by atomic mass is 10.0. The Balaban J connectivity index is 1.64. The van der Waals surface area contributed by atoms with Crippen molar-refractivity contribution in [2.45, 2.75) is 32.2 Å². The highest BCUT2D eigenvalue weighted by molar-refractivity contribution is 5.94. The van der Waals surface area contributed by atoms with Crippen LogP contribution >= 0.6 is 0 Å². The van der Waals surface area contributed by atoms with Crippen LogP contribution in [0.3, 0.4) is 0 Å². The van der Waals surface area contributed by atoms with Gasteiger partial charge >= 0.3 is 0 Å². The molecule has 150 valence electrons. The number of aromatic nitrogens is 4. The topological polar surface area (TPSA) is 73.1 Å². The SMILES string of the molecule is Cc1cc(Oc2ccccc2F)nc(C2CCCCN2C(=O)c2cnn(C)c2)n1. The van der Waals surface area contributed by atoms with E-state index in [4.69, 9.17) is 4.74 Å². The van der Waals surface area contributed by atoms with Crippen LogP contribution in [0.15, 0.2) is 42.7 Å². The predicted molar refractivity (Wildman–Crippen MR) is 104 cm³/mol. The van der Waals surface area contributed by atoms with Crippen molar-refractivity contribution >= 4 is 5.91 Å². The van der Waals surface area contributed by atoms with Crippen LogP contribution in [0.25, 0.3) is 0 Å². The first-order chi connectivity index (χ1) is 14.0. The van der Waals surface area contributed by atoms with Crippen molar-refractivity contribution in [3.8, 4) is 11.6 Å². The summed E-state index contributed by atoms with van der Waals surface area (Å²) in [6.07, 6.45) is 5.93. The van der Waals surface area contributed by atoms with E-state index in [0.29, 0.717) is 23.6 Å². The molecule has 1 unspecified atom stereocenters. The van der Waals surface area contributed by atoms with E-state index < -0.39 is 5.82 Å². The largest absolute Gasteiger partial charge is 0.436 e. The van der Waals surface area contributed by atoms with E-state index in [1.807, 2.05) is 6.92 Å². The highest BCUT2D eigenvalue weighted by atomic mass is 19.1. The van der Waals surface area contributed by atoms with Gasteiger partial charge in [-0.3, -0.25) is 9.48 Å². The second-order valence-electron chi connectivity index (χ2n) is 7.15. The average Bonchev–Trinajstić information content (AvgIpc) is 3.15. The minimum atomic E-state index is -0.462. The molecule has 0 aliphatic carbocycles. The van der Waals surface area contributed by atoms with Gasteiger partial charge in [-0.15, -0.1) is 0 Å². The Morgan fingerprint density at radius 2 is 2.07 bits per heavy atom. The fourth-order valence-corrected chi connectivity index (χ4v) is 3.54. The molecule has 1 aliphatic heterocycles. The van der Waals surface area contributed by atoms with E-state index >= 15 is 0 Å². The number of carbonyl (C=O) groups excluding carboxylic acids is 1. The van der Waals surface area contributed by atoms with E-state index in [1.165, 1.54) is 6.07 Å². The second kappa shape index (κ2) is 7.98. The van der Waals surface area contributed by atoms with Crippen LogP contribution in [0.4, 0.5) is 4.39 Å². The Labute approximate surface area is 168 Å². The number of halogens is 1. The lowest BCUT2D eigenvalue weighted by molar-refractivity contribution is 0.0598. The predicted octanol–water partition coefficient (Wildman–Crippen LogP) is 3.82. The average molecular weight is 395 g/mol. The quantitative estimate of drug-likeness (QED) is 0.672. The van der Waals surface area contributed by atoms with E-state index in [9.17, 15) is 9.18 Å². The summed E-state index contributed by atoms with van der Waals surface area (Å²) in [6.45, 7) is 2.45. The normalized spacial score (nSPS) is 16.7. The summed E-state index contributed by atoms with van der Waals surface area (Å²) in [5.74, 6) is 0.314. The van der Waals surface area contributed by atoms with Gasteiger partial charge in [0, 0.05) is 31.5 Å². The van der Waals surface area contributed by atoms with Crippen LogP contribution in [-0.2, 0) is 7.05 Å². The zero-order valence-electron chi connectivity index (χ0n) is 16.4. The molecule has 1 atom stereocenters. The van der Waals surface area contributed by atoms with E-state index in [2.05, 4.69) is 15.1 Å². The number of piperidine rings is 1. The molecule has 29 heavy (non-hydrogen) atoms. The number of benzene rings is 1. The molecule has 1 amide bonds. The molecule has 4 rings (SSSR count). The van der Waals surface area contributed by atoms with Gasteiger partial charge in [0.15, 0.2) is 17.4 Å². The van der Waals surface area contributed by atoms with Crippen LogP contribution in [0.5, 0.6) is 11.6 Å². The molecule has 3 heterocycles. The first-order valence-corrected chi connectivity index (χ1v) is 9.59. The summed E-state index contributed by atoms with van der Waals surface area (Å²) >= 11 is 0. The fraction of sp³-hybridized carbons (Fsp3) is 0.333. The van der Waals surface area contributed by atoms with Crippen LogP contribution in [0.2, 0.25) is 0 Å². The third-order valence-corrected chi connectivity index (χ3v) is 4.91. The monoisotopic (exact) mass is 395 g/mol. The first kappa shape index (κ1) is 19.0. The number of hydrogen-bond acceptors (Lipinski definition) is 5. The minimum Gasteiger partial charge on any atom is -0.436 e. The van der Waals surface area contributed by atoms with Crippen molar-refractivity contribution in [1.82, 2.24) is 24.6 Å². The Morgan fingerprint density at radius 1 is 1.24 bits per heavy atom. The third kappa shape index (κ3) is 4.11. The van der Waals surface area contributed by atoms with Gasteiger partial charge in [-0.05, 0) is 38.3 Å². The number of carbonyl (C=O) groups is 1. The number of ether oxygens (including phenoxy) is 1. The summed E-state index contributed by atoms with van der Waals surface area (Å²) in [7, 11) is 1.78. The second-order valence-corrected chi connectivity index (χ2v) is 7.15. The number of para-hydroxylation sites is 1. The minimum absolute atomic E-state index is 0.0931. The molecule has 7 nitrogen and oxygen atoms in total. The lowest BCUT2D eigenvalue weighted by Gasteiger charge is -2.34. The molecule has 0 bridgehead atoms. The molecule has 0 N–H and O–H groups in total. The number of amides is 1. The fourth-order valence-electron chi connectivity index (χ4n) is 3.54. The first-order valence-electron chi connectivity index (χ1n) is 9.59. The van der Waals surface area contributed by atoms with Crippen molar-refractivity contribution in [3.63, 3.8) is 0 Å². The summed E-state index contributed by atoms with van der Waals surface area (Å²) in [5, 5.41) is 4.10. The van der Waals surface area contributed by atoms with Gasteiger partial charge in [0.1, 0.15) is 0 Å². The van der Waals surface area contributed by atoms with Gasteiger partial charge in [-0.1, -0.05) is 12.1 Å². The standard InChI is InChI=1S/C21H22FN5O2/c1-14-11-19(29-18-9-4-3-7-16(18)22)25-20(24-14)17-8-5-6-10-27(17)21(28)15-12-23-26(2)13-15/h3-4,7,9,11-13,17H,5-6,8,10H2,1-2H3. The van der Waals surface area contributed by atoms with Crippen LogP contribution < -0.4 is 4.74 Å². The van der Waals surface area contributed by atoms with Crippen molar-refractivity contribution in [3.05, 3.63) is 65.6 Å². The van der Waals surface area contributed by atoms with Gasteiger partial charge in [0.25, 0.3) is 5.91 Å². The maximum absolute atomic E-state index is 14.0. The summed E-state index contributed by atoms with van der Waals surface area (Å²) in [4.78, 5) is 23.9.